The lowest BCUT2D eigenvalue weighted by Crippen LogP contribution is -2.37. The van der Waals surface area contributed by atoms with Gasteiger partial charge in [0.25, 0.3) is 0 Å². The summed E-state index contributed by atoms with van der Waals surface area (Å²) in [5.74, 6) is 3.31. The highest BCUT2D eigenvalue weighted by atomic mass is 16.8. The number of benzene rings is 8. The van der Waals surface area contributed by atoms with Gasteiger partial charge in [0.15, 0.2) is 46.0 Å². The zero-order valence-electron chi connectivity index (χ0n) is 29.8. The number of rotatable bonds is 0. The lowest BCUT2D eigenvalue weighted by molar-refractivity contribution is 0.0302. The first-order valence-electron chi connectivity index (χ1n) is 18.9. The van der Waals surface area contributed by atoms with Crippen LogP contribution in [0.4, 0.5) is 11.6 Å². The second-order valence-electron chi connectivity index (χ2n) is 14.9. The number of nitrogens with zero attached hydrogens (tertiary/aromatic N) is 8. The quantitative estimate of drug-likeness (QED) is 0.153. The van der Waals surface area contributed by atoms with Gasteiger partial charge in [-0.25, -0.2) is 30.0 Å². The molecule has 262 valence electrons. The van der Waals surface area contributed by atoms with E-state index in [4.69, 9.17) is 34.9 Å². The number of hydrogen-bond acceptors (Lipinski definition) is 7. The fourth-order valence-electron chi connectivity index (χ4n) is 8.92. The Kier molecular flexibility index (Phi) is 5.34. The molecule has 6 heterocycles. The summed E-state index contributed by atoms with van der Waals surface area (Å²) in [7, 11) is 0. The average Bonchev–Trinajstić information content (AvgIpc) is 3.93. The molecule has 0 amide bonds. The summed E-state index contributed by atoms with van der Waals surface area (Å²) in [5.41, 5.74) is 4.70. The molecule has 0 aliphatic carbocycles. The molecule has 0 atom stereocenters. The van der Waals surface area contributed by atoms with Crippen molar-refractivity contribution in [2.75, 3.05) is 0 Å². The third kappa shape index (κ3) is 3.96. The summed E-state index contributed by atoms with van der Waals surface area (Å²) in [6.45, 7) is 0. The molecule has 0 saturated carbocycles. The molecule has 4 aliphatic rings. The Balaban J connectivity index is 1.22. The number of aromatic nitrogens is 2. The van der Waals surface area contributed by atoms with E-state index in [0.717, 1.165) is 86.9 Å². The van der Waals surface area contributed by atoms with Gasteiger partial charge in [0.05, 0.1) is 0 Å². The molecule has 57 heavy (non-hydrogen) atoms. The summed E-state index contributed by atoms with van der Waals surface area (Å²) in [6.07, 6.45) is 0. The first-order chi connectivity index (χ1) is 28.2. The molecule has 6 bridgehead atoms. The second kappa shape index (κ2) is 10.4. The van der Waals surface area contributed by atoms with E-state index >= 15 is 0 Å². The molecular weight excluding hydrogens is 705 g/mol. The number of fused-ring (bicyclic) bond motifs is 18. The summed E-state index contributed by atoms with van der Waals surface area (Å²) in [6, 6.07) is 50.7. The van der Waals surface area contributed by atoms with Gasteiger partial charge in [-0.3, -0.25) is 4.94 Å². The number of aliphatic imine (C=N–C) groups is 4. The summed E-state index contributed by atoms with van der Waals surface area (Å²) >= 11 is 0. The van der Waals surface area contributed by atoms with Crippen molar-refractivity contribution in [2.24, 2.45) is 30.0 Å². The molecule has 4 aliphatic heterocycles. The maximum absolute atomic E-state index is 7.20. The fraction of sp³-hybridized carbons (Fsp3) is 0. The van der Waals surface area contributed by atoms with Crippen LogP contribution in [0.2, 0.25) is 0 Å². The van der Waals surface area contributed by atoms with Gasteiger partial charge in [-0.15, -0.1) is 9.46 Å². The van der Waals surface area contributed by atoms with Crippen LogP contribution in [0.1, 0.15) is 22.3 Å². The molecule has 9 nitrogen and oxygen atoms in total. The zero-order valence-corrected chi connectivity index (χ0v) is 29.8. The molecular formula is C48H24N8O. The van der Waals surface area contributed by atoms with Crippen LogP contribution in [0.3, 0.4) is 0 Å². The SMILES string of the molecule is c1ccc2cc3c(cc2c1)C1=NC/3=N\c2c3cc4ccccc4cc3c3n2On2/c(c4cc5ccccc5cc4/c2=N/C2=NC(=N\3)/c3cc4ccccc4cc32)=N\1. The predicted octanol–water partition coefficient (Wildman–Crippen LogP) is 9.04. The van der Waals surface area contributed by atoms with Gasteiger partial charge in [0.2, 0.25) is 0 Å². The largest absolute Gasteiger partial charge is 0.275 e. The van der Waals surface area contributed by atoms with Gasteiger partial charge in [-0.05, 0) is 91.6 Å². The van der Waals surface area contributed by atoms with Crippen molar-refractivity contribution < 1.29 is 4.94 Å². The Morgan fingerprint density at radius 2 is 0.596 bits per heavy atom. The van der Waals surface area contributed by atoms with Gasteiger partial charge in [-0.2, -0.15) is 0 Å². The standard InChI is InChI=1S/C48H24N8O/c1-2-10-26-18-34-33(17-25(26)9-1)41-49-42(34)52-46-39-23-31-15-7-8-16-32(31)24-40(39)48-54-44-36-20-28-12-4-3-11-27(28)19-35(36)43(50-44)53-47-38-22-30-14-6-5-13-29(30)21-37(38)45(51-41)55(47)57-56(46)48/h1-24H/b51-41-,51-45?,52-42?,52-46-,53-43-,53-47?,54-44?,54-48-. The summed E-state index contributed by atoms with van der Waals surface area (Å²) in [4.78, 5) is 39.2. The highest BCUT2D eigenvalue weighted by Gasteiger charge is 2.31. The molecule has 2 aromatic heterocycles. The van der Waals surface area contributed by atoms with Crippen molar-refractivity contribution in [1.29, 1.82) is 0 Å². The third-order valence-electron chi connectivity index (χ3n) is 11.7. The van der Waals surface area contributed by atoms with Crippen molar-refractivity contribution in [3.8, 4) is 0 Å². The van der Waals surface area contributed by atoms with Crippen LogP contribution >= 0.6 is 0 Å². The van der Waals surface area contributed by atoms with Gasteiger partial charge in [-0.1, -0.05) is 97.1 Å². The molecule has 14 rings (SSSR count). The van der Waals surface area contributed by atoms with E-state index in [-0.39, 0.29) is 0 Å². The van der Waals surface area contributed by atoms with E-state index in [1.165, 1.54) is 0 Å². The molecule has 8 aromatic carbocycles. The molecule has 0 N–H and O–H groups in total. The van der Waals surface area contributed by atoms with E-state index < -0.39 is 0 Å². The zero-order chi connectivity index (χ0) is 36.9. The second-order valence-corrected chi connectivity index (χ2v) is 14.9. The minimum Gasteiger partial charge on any atom is -0.275 e. The molecule has 0 radical (unpaired) electrons. The van der Waals surface area contributed by atoms with Crippen LogP contribution in [0.25, 0.3) is 64.6 Å². The van der Waals surface area contributed by atoms with Crippen LogP contribution < -0.4 is 15.9 Å². The summed E-state index contributed by atoms with van der Waals surface area (Å²) in [5, 5.41) is 12.1. The minimum atomic E-state index is 0.552. The highest BCUT2D eigenvalue weighted by molar-refractivity contribution is 6.27. The Morgan fingerprint density at radius 3 is 0.947 bits per heavy atom. The van der Waals surface area contributed by atoms with Crippen LogP contribution in [-0.2, 0) is 0 Å². The normalized spacial score (nSPS) is 17.8. The average molecular weight is 729 g/mol. The molecule has 0 unspecified atom stereocenters. The van der Waals surface area contributed by atoms with Crippen molar-refractivity contribution in [3.63, 3.8) is 0 Å². The smallest absolute Gasteiger partial charge is 0.183 e. The monoisotopic (exact) mass is 728 g/mol. The Bertz CT molecular complexity index is 3600. The molecule has 0 saturated heterocycles. The van der Waals surface area contributed by atoms with Gasteiger partial charge in [0, 0.05) is 43.8 Å². The number of amidine groups is 4. The van der Waals surface area contributed by atoms with Gasteiger partial charge in [0.1, 0.15) is 0 Å². The highest BCUT2D eigenvalue weighted by Crippen LogP contribution is 2.42. The Labute approximate surface area is 321 Å². The maximum atomic E-state index is 7.20. The minimum absolute atomic E-state index is 0.552. The fourth-order valence-corrected chi connectivity index (χ4v) is 8.92. The predicted molar refractivity (Wildman–Crippen MR) is 227 cm³/mol. The van der Waals surface area contributed by atoms with Crippen molar-refractivity contribution >= 4 is 99.6 Å². The lowest BCUT2D eigenvalue weighted by atomic mass is 10.0. The van der Waals surface area contributed by atoms with Crippen molar-refractivity contribution in [2.45, 2.75) is 0 Å². The molecule has 0 fully saturated rings. The Morgan fingerprint density at radius 1 is 0.298 bits per heavy atom. The van der Waals surface area contributed by atoms with Crippen LogP contribution in [0.5, 0.6) is 0 Å². The van der Waals surface area contributed by atoms with E-state index in [9.17, 15) is 0 Å². The van der Waals surface area contributed by atoms with Gasteiger partial charge < -0.3 is 0 Å². The first kappa shape index (κ1) is 29.3. The topological polar surface area (TPSA) is 93.2 Å². The molecule has 9 heteroatoms. The van der Waals surface area contributed by atoms with Crippen LogP contribution in [0.15, 0.2) is 176 Å². The van der Waals surface area contributed by atoms with Crippen LogP contribution in [0, 0.1) is 0 Å². The third-order valence-corrected chi connectivity index (χ3v) is 11.7. The lowest BCUT2D eigenvalue weighted by Gasteiger charge is -2.12. The summed E-state index contributed by atoms with van der Waals surface area (Å²) < 4.78 is 3.44. The van der Waals surface area contributed by atoms with Crippen LogP contribution in [-0.4, -0.2) is 32.8 Å². The van der Waals surface area contributed by atoms with Crippen molar-refractivity contribution in [1.82, 2.24) is 9.46 Å². The maximum Gasteiger partial charge on any atom is 0.183 e. The molecule has 10 aromatic rings. The van der Waals surface area contributed by atoms with E-state index in [1.807, 2.05) is 0 Å². The van der Waals surface area contributed by atoms with Gasteiger partial charge >= 0.3 is 0 Å². The van der Waals surface area contributed by atoms with E-state index in [0.29, 0.717) is 46.0 Å². The van der Waals surface area contributed by atoms with Crippen molar-refractivity contribution in [3.05, 3.63) is 179 Å². The number of hydrogen-bond donors (Lipinski definition) is 0. The van der Waals surface area contributed by atoms with E-state index in [2.05, 4.69) is 146 Å². The molecule has 0 spiro atoms. The first-order valence-corrected chi connectivity index (χ1v) is 18.9. The van der Waals surface area contributed by atoms with E-state index in [1.54, 1.807) is 9.46 Å². The Hall–Kier alpha value is -8.04.